The van der Waals surface area contributed by atoms with Crippen LogP contribution >= 0.6 is 0 Å². The van der Waals surface area contributed by atoms with Gasteiger partial charge in [-0.05, 0) is 61.0 Å². The lowest BCUT2D eigenvalue weighted by atomic mass is 10.2. The van der Waals surface area contributed by atoms with Crippen molar-refractivity contribution in [2.24, 2.45) is 0 Å². The summed E-state index contributed by atoms with van der Waals surface area (Å²) in [5.41, 5.74) is 1.68. The number of hydrogen-bond donors (Lipinski definition) is 2. The fraction of sp³-hybridized carbons (Fsp3) is 0.182. The van der Waals surface area contributed by atoms with Gasteiger partial charge in [0.2, 0.25) is 0 Å². The van der Waals surface area contributed by atoms with E-state index in [9.17, 15) is 13.2 Å². The van der Waals surface area contributed by atoms with Crippen LogP contribution in [-0.2, 0) is 10.0 Å². The molecule has 1 aliphatic heterocycles. The van der Waals surface area contributed by atoms with Crippen molar-refractivity contribution >= 4 is 27.4 Å². The van der Waals surface area contributed by atoms with Gasteiger partial charge in [0.25, 0.3) is 15.9 Å². The van der Waals surface area contributed by atoms with Crippen molar-refractivity contribution in [2.75, 3.05) is 23.3 Å². The van der Waals surface area contributed by atoms with Crippen LogP contribution in [0.5, 0.6) is 11.5 Å². The molecule has 0 aliphatic carbocycles. The van der Waals surface area contributed by atoms with E-state index in [-0.39, 0.29) is 10.8 Å². The molecule has 2 N–H and O–H groups in total. The average molecular weight is 439 g/mol. The van der Waals surface area contributed by atoms with Crippen molar-refractivity contribution in [3.63, 3.8) is 0 Å². The minimum absolute atomic E-state index is 0.0593. The van der Waals surface area contributed by atoms with Gasteiger partial charge < -0.3 is 14.8 Å². The Kier molecular flexibility index (Phi) is 5.77. The minimum atomic E-state index is -3.84. The lowest BCUT2D eigenvalue weighted by Gasteiger charge is -2.12. The highest BCUT2D eigenvalue weighted by molar-refractivity contribution is 7.92. The molecule has 2 heterocycles. The summed E-state index contributed by atoms with van der Waals surface area (Å²) in [4.78, 5) is 16.6. The maximum absolute atomic E-state index is 12.8. The highest BCUT2D eigenvalue weighted by Gasteiger charge is 2.19. The molecule has 31 heavy (non-hydrogen) atoms. The molecule has 2 aromatic carbocycles. The Bertz CT molecular complexity index is 1210. The molecule has 9 heteroatoms. The molecular formula is C22H21N3O5S. The van der Waals surface area contributed by atoms with Gasteiger partial charge in [-0.1, -0.05) is 0 Å². The summed E-state index contributed by atoms with van der Waals surface area (Å²) in [5, 5.41) is 2.71. The number of ether oxygens (including phenoxy) is 2. The second-order valence-electron chi connectivity index (χ2n) is 7.01. The molecule has 1 aromatic heterocycles. The molecule has 0 fully saturated rings. The molecule has 0 unspecified atom stereocenters. The number of nitrogens with one attached hydrogen (secondary N) is 2. The predicted molar refractivity (Wildman–Crippen MR) is 116 cm³/mol. The first kappa shape index (κ1) is 20.7. The lowest BCUT2D eigenvalue weighted by molar-refractivity contribution is 0.102. The second kappa shape index (κ2) is 8.65. The Labute approximate surface area is 180 Å². The summed E-state index contributed by atoms with van der Waals surface area (Å²) < 4.78 is 39.2. The zero-order chi connectivity index (χ0) is 21.8. The summed E-state index contributed by atoms with van der Waals surface area (Å²) in [7, 11) is -3.84. The third kappa shape index (κ3) is 4.95. The molecule has 4 rings (SSSR count). The van der Waals surface area contributed by atoms with Gasteiger partial charge in [-0.25, -0.2) is 13.4 Å². The number of rotatable bonds is 5. The number of carbonyl (C=O) groups excluding carboxylic acids is 1. The van der Waals surface area contributed by atoms with Crippen LogP contribution in [0.25, 0.3) is 0 Å². The number of anilines is 2. The molecule has 0 saturated carbocycles. The molecule has 3 aromatic rings. The first-order valence-electron chi connectivity index (χ1n) is 9.67. The summed E-state index contributed by atoms with van der Waals surface area (Å²) >= 11 is 0. The smallest absolute Gasteiger partial charge is 0.262 e. The Morgan fingerprint density at radius 1 is 0.968 bits per heavy atom. The fourth-order valence-electron chi connectivity index (χ4n) is 3.01. The highest BCUT2D eigenvalue weighted by atomic mass is 32.2. The zero-order valence-electron chi connectivity index (χ0n) is 16.8. The number of nitrogens with zero attached hydrogens (tertiary/aromatic N) is 1. The zero-order valence-corrected chi connectivity index (χ0v) is 17.6. The summed E-state index contributed by atoms with van der Waals surface area (Å²) in [6, 6.07) is 14.2. The monoisotopic (exact) mass is 439 g/mol. The van der Waals surface area contributed by atoms with Crippen LogP contribution in [0.4, 0.5) is 11.5 Å². The third-order valence-corrected chi connectivity index (χ3v) is 5.96. The predicted octanol–water partition coefficient (Wildman–Crippen LogP) is 3.60. The number of benzene rings is 2. The van der Waals surface area contributed by atoms with Crippen molar-refractivity contribution in [3.05, 3.63) is 71.9 Å². The van der Waals surface area contributed by atoms with E-state index in [2.05, 4.69) is 15.0 Å². The fourth-order valence-corrected chi connectivity index (χ4v) is 4.08. The number of amides is 1. The first-order chi connectivity index (χ1) is 14.9. The minimum Gasteiger partial charge on any atom is -0.490 e. The number of pyridine rings is 1. The molecule has 0 spiro atoms. The van der Waals surface area contributed by atoms with E-state index in [0.717, 1.165) is 12.0 Å². The number of hydrogen-bond acceptors (Lipinski definition) is 6. The van der Waals surface area contributed by atoms with Gasteiger partial charge in [0.05, 0.1) is 18.1 Å². The van der Waals surface area contributed by atoms with Gasteiger partial charge in [0.1, 0.15) is 5.82 Å². The van der Waals surface area contributed by atoms with Crippen LogP contribution < -0.4 is 19.5 Å². The quantitative estimate of drug-likeness (QED) is 0.629. The Balaban J connectivity index is 1.47. The number of fused-ring (bicyclic) bond motifs is 1. The Hall–Kier alpha value is -3.59. The van der Waals surface area contributed by atoms with E-state index < -0.39 is 10.0 Å². The van der Waals surface area contributed by atoms with E-state index in [0.29, 0.717) is 41.8 Å². The molecule has 1 amide bonds. The summed E-state index contributed by atoms with van der Waals surface area (Å²) in [6.45, 7) is 2.89. The molecule has 0 saturated heterocycles. The van der Waals surface area contributed by atoms with E-state index in [1.54, 1.807) is 18.3 Å². The first-order valence-corrected chi connectivity index (χ1v) is 11.2. The number of sulfonamides is 1. The van der Waals surface area contributed by atoms with Crippen molar-refractivity contribution in [1.29, 1.82) is 0 Å². The Morgan fingerprint density at radius 2 is 1.71 bits per heavy atom. The molecule has 160 valence electrons. The van der Waals surface area contributed by atoms with E-state index >= 15 is 0 Å². The average Bonchev–Trinajstić information content (AvgIpc) is 2.99. The van der Waals surface area contributed by atoms with Gasteiger partial charge >= 0.3 is 0 Å². The van der Waals surface area contributed by atoms with Crippen LogP contribution in [0.3, 0.4) is 0 Å². The van der Waals surface area contributed by atoms with Gasteiger partial charge in [0, 0.05) is 29.9 Å². The summed E-state index contributed by atoms with van der Waals surface area (Å²) in [5.74, 6) is 1.03. The lowest BCUT2D eigenvalue weighted by Crippen LogP contribution is -2.15. The van der Waals surface area contributed by atoms with E-state index in [4.69, 9.17) is 9.47 Å². The summed E-state index contributed by atoms with van der Waals surface area (Å²) in [6.07, 6.45) is 2.34. The number of aromatic nitrogens is 1. The SMILES string of the molecule is Cc1ccnc(NC(=O)c2ccc(NS(=O)(=O)c3ccc4c(c3)OCCCO4)cc2)c1. The van der Waals surface area contributed by atoms with E-state index in [1.165, 1.54) is 36.4 Å². The number of carbonyl (C=O) groups is 1. The number of aryl methyl sites for hydroxylation is 1. The van der Waals surface area contributed by atoms with Gasteiger partial charge in [-0.15, -0.1) is 0 Å². The van der Waals surface area contributed by atoms with Crippen molar-refractivity contribution in [2.45, 2.75) is 18.2 Å². The van der Waals surface area contributed by atoms with Gasteiger partial charge in [-0.3, -0.25) is 9.52 Å². The molecule has 1 aliphatic rings. The van der Waals surface area contributed by atoms with E-state index in [1.807, 2.05) is 13.0 Å². The molecule has 8 nitrogen and oxygen atoms in total. The standard InChI is InChI=1S/C22H21N3O5S/c1-15-9-10-23-21(13-15)24-22(26)16-3-5-17(6-4-16)25-31(27,28)18-7-8-19-20(14-18)30-12-2-11-29-19/h3-10,13-14,25H,2,11-12H2,1H3,(H,23,24,26). The van der Waals surface area contributed by atoms with Crippen molar-refractivity contribution in [3.8, 4) is 11.5 Å². The van der Waals surface area contributed by atoms with Crippen LogP contribution in [0.2, 0.25) is 0 Å². The normalized spacial score (nSPS) is 13.2. The van der Waals surface area contributed by atoms with Crippen LogP contribution in [0, 0.1) is 6.92 Å². The topological polar surface area (TPSA) is 107 Å². The van der Waals surface area contributed by atoms with Crippen molar-refractivity contribution in [1.82, 2.24) is 4.98 Å². The second-order valence-corrected chi connectivity index (χ2v) is 8.70. The molecular weight excluding hydrogens is 418 g/mol. The third-order valence-electron chi connectivity index (χ3n) is 4.59. The van der Waals surface area contributed by atoms with Crippen molar-refractivity contribution < 1.29 is 22.7 Å². The molecule has 0 bridgehead atoms. The van der Waals surface area contributed by atoms with Crippen LogP contribution in [0.15, 0.2) is 65.7 Å². The maximum Gasteiger partial charge on any atom is 0.262 e. The molecule has 0 atom stereocenters. The van der Waals surface area contributed by atoms with Gasteiger partial charge in [-0.2, -0.15) is 0 Å². The highest BCUT2D eigenvalue weighted by Crippen LogP contribution is 2.32. The molecule has 0 radical (unpaired) electrons. The largest absolute Gasteiger partial charge is 0.490 e. The van der Waals surface area contributed by atoms with Crippen LogP contribution in [-0.4, -0.2) is 32.5 Å². The Morgan fingerprint density at radius 3 is 2.45 bits per heavy atom. The van der Waals surface area contributed by atoms with Gasteiger partial charge in [0.15, 0.2) is 11.5 Å². The maximum atomic E-state index is 12.8. The van der Waals surface area contributed by atoms with Crippen LogP contribution in [0.1, 0.15) is 22.3 Å².